The van der Waals surface area contributed by atoms with Crippen LogP contribution in [-0.4, -0.2) is 33.4 Å². The molecule has 0 radical (unpaired) electrons. The van der Waals surface area contributed by atoms with Crippen LogP contribution in [0, 0.1) is 6.92 Å². The molecule has 0 aromatic heterocycles. The topological polar surface area (TPSA) is 42.5 Å². The summed E-state index contributed by atoms with van der Waals surface area (Å²) in [6, 6.07) is 4.72. The van der Waals surface area contributed by atoms with Crippen LogP contribution in [0.2, 0.25) is 0 Å². The number of rotatable bonds is 7. The predicted octanol–water partition coefficient (Wildman–Crippen LogP) is 2.18. The SMILES string of the molecule is COc1ccc(NCCNC2CC2)c(OC)c1C. The molecule has 0 spiro atoms. The van der Waals surface area contributed by atoms with Crippen molar-refractivity contribution in [3.63, 3.8) is 0 Å². The fraction of sp³-hybridized carbons (Fsp3) is 0.571. The highest BCUT2D eigenvalue weighted by Gasteiger charge is 2.19. The summed E-state index contributed by atoms with van der Waals surface area (Å²) >= 11 is 0. The van der Waals surface area contributed by atoms with E-state index < -0.39 is 0 Å². The minimum absolute atomic E-state index is 0.756. The Bertz CT molecular complexity index is 403. The smallest absolute Gasteiger partial charge is 0.148 e. The predicted molar refractivity (Wildman–Crippen MR) is 73.8 cm³/mol. The van der Waals surface area contributed by atoms with Crippen LogP contribution in [0.5, 0.6) is 11.5 Å². The summed E-state index contributed by atoms with van der Waals surface area (Å²) in [5.41, 5.74) is 2.05. The molecule has 18 heavy (non-hydrogen) atoms. The van der Waals surface area contributed by atoms with Crippen molar-refractivity contribution >= 4 is 5.69 Å². The zero-order valence-corrected chi connectivity index (χ0v) is 11.4. The van der Waals surface area contributed by atoms with Crippen LogP contribution in [0.1, 0.15) is 18.4 Å². The second-order valence-corrected chi connectivity index (χ2v) is 4.63. The van der Waals surface area contributed by atoms with E-state index in [1.807, 2.05) is 19.1 Å². The number of hydrogen-bond acceptors (Lipinski definition) is 4. The molecule has 1 saturated carbocycles. The van der Waals surface area contributed by atoms with Gasteiger partial charge < -0.3 is 20.1 Å². The van der Waals surface area contributed by atoms with Crippen molar-refractivity contribution in [2.75, 3.05) is 32.6 Å². The van der Waals surface area contributed by atoms with E-state index in [2.05, 4.69) is 10.6 Å². The van der Waals surface area contributed by atoms with Crippen molar-refractivity contribution in [3.8, 4) is 11.5 Å². The van der Waals surface area contributed by atoms with Crippen molar-refractivity contribution in [2.45, 2.75) is 25.8 Å². The molecule has 0 bridgehead atoms. The Morgan fingerprint density at radius 2 is 1.94 bits per heavy atom. The van der Waals surface area contributed by atoms with Crippen molar-refractivity contribution in [2.24, 2.45) is 0 Å². The van der Waals surface area contributed by atoms with E-state index in [0.29, 0.717) is 0 Å². The lowest BCUT2D eigenvalue weighted by Crippen LogP contribution is -2.24. The fourth-order valence-electron chi connectivity index (χ4n) is 2.06. The van der Waals surface area contributed by atoms with Crippen LogP contribution in [0.3, 0.4) is 0 Å². The van der Waals surface area contributed by atoms with Gasteiger partial charge in [0.25, 0.3) is 0 Å². The second kappa shape index (κ2) is 5.96. The summed E-state index contributed by atoms with van der Waals surface area (Å²) in [5, 5.41) is 6.87. The van der Waals surface area contributed by atoms with Crippen LogP contribution < -0.4 is 20.1 Å². The summed E-state index contributed by atoms with van der Waals surface area (Å²) in [5.74, 6) is 1.72. The largest absolute Gasteiger partial charge is 0.496 e. The van der Waals surface area contributed by atoms with Crippen LogP contribution in [0.25, 0.3) is 0 Å². The van der Waals surface area contributed by atoms with E-state index >= 15 is 0 Å². The van der Waals surface area contributed by atoms with Gasteiger partial charge in [-0.15, -0.1) is 0 Å². The summed E-state index contributed by atoms with van der Waals surface area (Å²) in [4.78, 5) is 0. The van der Waals surface area contributed by atoms with E-state index in [1.54, 1.807) is 14.2 Å². The second-order valence-electron chi connectivity index (χ2n) is 4.63. The number of methoxy groups -OCH3 is 2. The number of nitrogens with one attached hydrogen (secondary N) is 2. The van der Waals surface area contributed by atoms with E-state index in [4.69, 9.17) is 9.47 Å². The summed E-state index contributed by atoms with van der Waals surface area (Å²) in [7, 11) is 3.36. The Morgan fingerprint density at radius 3 is 2.56 bits per heavy atom. The van der Waals surface area contributed by atoms with Crippen molar-refractivity contribution < 1.29 is 9.47 Å². The maximum Gasteiger partial charge on any atom is 0.148 e. The first-order valence-electron chi connectivity index (χ1n) is 6.45. The van der Waals surface area contributed by atoms with E-state index in [0.717, 1.165) is 41.9 Å². The van der Waals surface area contributed by atoms with E-state index in [9.17, 15) is 0 Å². The van der Waals surface area contributed by atoms with Gasteiger partial charge in [0.1, 0.15) is 11.5 Å². The lowest BCUT2D eigenvalue weighted by molar-refractivity contribution is 0.390. The molecule has 0 heterocycles. The number of benzene rings is 1. The zero-order valence-electron chi connectivity index (χ0n) is 11.4. The third kappa shape index (κ3) is 3.07. The molecule has 0 saturated heterocycles. The average Bonchev–Trinajstić information content (AvgIpc) is 3.19. The maximum absolute atomic E-state index is 5.45. The van der Waals surface area contributed by atoms with Crippen molar-refractivity contribution in [3.05, 3.63) is 17.7 Å². The van der Waals surface area contributed by atoms with Gasteiger partial charge in [0.05, 0.1) is 19.9 Å². The average molecular weight is 250 g/mol. The molecule has 1 fully saturated rings. The lowest BCUT2D eigenvalue weighted by atomic mass is 10.1. The van der Waals surface area contributed by atoms with Gasteiger partial charge in [0.15, 0.2) is 0 Å². The van der Waals surface area contributed by atoms with Crippen molar-refractivity contribution in [1.82, 2.24) is 5.32 Å². The standard InChI is InChI=1S/C14H22N2O2/c1-10-13(17-2)7-6-12(14(10)18-3)16-9-8-15-11-4-5-11/h6-7,11,15-16H,4-5,8-9H2,1-3H3. The van der Waals surface area contributed by atoms with Crippen LogP contribution in [0.15, 0.2) is 12.1 Å². The fourth-order valence-corrected chi connectivity index (χ4v) is 2.06. The molecule has 2 N–H and O–H groups in total. The molecule has 4 heteroatoms. The monoisotopic (exact) mass is 250 g/mol. The van der Waals surface area contributed by atoms with Gasteiger partial charge in [0, 0.05) is 24.7 Å². The normalized spacial score (nSPS) is 14.4. The van der Waals surface area contributed by atoms with Crippen LogP contribution in [-0.2, 0) is 0 Å². The summed E-state index contributed by atoms with van der Waals surface area (Å²) in [6.45, 7) is 3.89. The molecule has 100 valence electrons. The molecule has 0 amide bonds. The Labute approximate surface area is 109 Å². The highest BCUT2D eigenvalue weighted by molar-refractivity contribution is 5.63. The third-order valence-corrected chi connectivity index (χ3v) is 3.23. The first kappa shape index (κ1) is 13.0. The molecule has 0 atom stereocenters. The molecular formula is C14H22N2O2. The molecule has 0 aliphatic heterocycles. The van der Waals surface area contributed by atoms with E-state index in [1.165, 1.54) is 12.8 Å². The number of hydrogen-bond donors (Lipinski definition) is 2. The van der Waals surface area contributed by atoms with Crippen LogP contribution >= 0.6 is 0 Å². The number of anilines is 1. The minimum atomic E-state index is 0.756. The first-order chi connectivity index (χ1) is 8.76. The third-order valence-electron chi connectivity index (χ3n) is 3.23. The van der Waals surface area contributed by atoms with Gasteiger partial charge in [-0.2, -0.15) is 0 Å². The van der Waals surface area contributed by atoms with Gasteiger partial charge in [0.2, 0.25) is 0 Å². The van der Waals surface area contributed by atoms with Gasteiger partial charge in [-0.1, -0.05) is 0 Å². The molecule has 1 aromatic rings. The lowest BCUT2D eigenvalue weighted by Gasteiger charge is -2.15. The molecule has 4 nitrogen and oxygen atoms in total. The minimum Gasteiger partial charge on any atom is -0.496 e. The van der Waals surface area contributed by atoms with Gasteiger partial charge >= 0.3 is 0 Å². The Morgan fingerprint density at radius 1 is 1.17 bits per heavy atom. The van der Waals surface area contributed by atoms with Gasteiger partial charge in [-0.05, 0) is 31.9 Å². The highest BCUT2D eigenvalue weighted by Crippen LogP contribution is 2.34. The van der Waals surface area contributed by atoms with Gasteiger partial charge in [-0.25, -0.2) is 0 Å². The first-order valence-corrected chi connectivity index (χ1v) is 6.45. The van der Waals surface area contributed by atoms with Gasteiger partial charge in [-0.3, -0.25) is 0 Å². The molecular weight excluding hydrogens is 228 g/mol. The molecule has 1 aromatic carbocycles. The quantitative estimate of drug-likeness (QED) is 0.728. The highest BCUT2D eigenvalue weighted by atomic mass is 16.5. The van der Waals surface area contributed by atoms with E-state index in [-0.39, 0.29) is 0 Å². The Balaban J connectivity index is 1.95. The molecule has 1 aliphatic carbocycles. The molecule has 2 rings (SSSR count). The molecule has 0 unspecified atom stereocenters. The Hall–Kier alpha value is -1.42. The van der Waals surface area contributed by atoms with Crippen molar-refractivity contribution in [1.29, 1.82) is 0 Å². The zero-order chi connectivity index (χ0) is 13.0. The summed E-state index contributed by atoms with van der Waals surface area (Å²) in [6.07, 6.45) is 2.65. The summed E-state index contributed by atoms with van der Waals surface area (Å²) < 4.78 is 10.7. The maximum atomic E-state index is 5.45. The van der Waals surface area contributed by atoms with Crippen LogP contribution in [0.4, 0.5) is 5.69 Å². The number of ether oxygens (including phenoxy) is 2. The Kier molecular flexibility index (Phi) is 4.31. The molecule has 1 aliphatic rings.